The Bertz CT molecular complexity index is 1090. The third-order valence-electron chi connectivity index (χ3n) is 5.31. The van der Waals surface area contributed by atoms with E-state index < -0.39 is 5.97 Å². The van der Waals surface area contributed by atoms with Crippen LogP contribution in [-0.4, -0.2) is 55.0 Å². The lowest BCUT2D eigenvalue weighted by atomic mass is 10.1. The Morgan fingerprint density at radius 1 is 1.06 bits per heavy atom. The number of hydrogen-bond donors (Lipinski definition) is 0. The highest BCUT2D eigenvalue weighted by Crippen LogP contribution is 2.34. The molecule has 0 fully saturated rings. The van der Waals surface area contributed by atoms with Crippen LogP contribution >= 0.6 is 22.9 Å². The van der Waals surface area contributed by atoms with Crippen LogP contribution in [0.1, 0.15) is 40.1 Å². The number of carbonyl (C=O) groups excluding carboxylic acids is 2. The predicted molar refractivity (Wildman–Crippen MR) is 127 cm³/mol. The summed E-state index contributed by atoms with van der Waals surface area (Å²) in [6, 6.07) is 10.5. The number of ether oxygens (including phenoxy) is 1. The van der Waals surface area contributed by atoms with Crippen molar-refractivity contribution in [2.75, 3.05) is 38.2 Å². The quantitative estimate of drug-likeness (QED) is 0.442. The summed E-state index contributed by atoms with van der Waals surface area (Å²) in [5.74, 6) is -0.824. The number of anilines is 1. The molecule has 3 aromatic rings. The number of thiazole rings is 1. The van der Waals surface area contributed by atoms with E-state index in [1.807, 2.05) is 19.1 Å². The van der Waals surface area contributed by atoms with E-state index >= 15 is 0 Å². The Morgan fingerprint density at radius 2 is 1.74 bits per heavy atom. The topological polar surface area (TPSA) is 62.7 Å². The molecule has 2 aromatic carbocycles. The minimum absolute atomic E-state index is 0.239. The standard InChI is InChI=1S/C23H26ClN3O3S/c1-5-26(6-2)13-14-27(21(28)16-9-7-8-10-17(16)22(29)30-4)23-25-20-15(3)18(24)11-12-19(20)31-23/h7-12H,5-6,13-14H2,1-4H3. The summed E-state index contributed by atoms with van der Waals surface area (Å²) in [5, 5.41) is 1.22. The molecule has 0 N–H and O–H groups in total. The molecule has 31 heavy (non-hydrogen) atoms. The van der Waals surface area contributed by atoms with E-state index in [-0.39, 0.29) is 11.5 Å². The summed E-state index contributed by atoms with van der Waals surface area (Å²) in [6.07, 6.45) is 0. The summed E-state index contributed by atoms with van der Waals surface area (Å²) in [7, 11) is 1.31. The van der Waals surface area contributed by atoms with Crippen LogP contribution in [0.3, 0.4) is 0 Å². The number of nitrogens with zero attached hydrogens (tertiary/aromatic N) is 3. The average molecular weight is 460 g/mol. The van der Waals surface area contributed by atoms with Gasteiger partial charge >= 0.3 is 5.97 Å². The Morgan fingerprint density at radius 3 is 2.39 bits per heavy atom. The second-order valence-corrected chi connectivity index (χ2v) is 8.45. The third kappa shape index (κ3) is 4.89. The van der Waals surface area contributed by atoms with Gasteiger partial charge in [-0.15, -0.1) is 0 Å². The van der Waals surface area contributed by atoms with Gasteiger partial charge in [-0.3, -0.25) is 9.69 Å². The number of esters is 1. The van der Waals surface area contributed by atoms with Crippen molar-refractivity contribution in [2.24, 2.45) is 0 Å². The zero-order valence-electron chi connectivity index (χ0n) is 18.1. The van der Waals surface area contributed by atoms with Gasteiger partial charge in [0.1, 0.15) is 0 Å². The fourth-order valence-corrected chi connectivity index (χ4v) is 4.57. The normalized spacial score (nSPS) is 11.2. The number of aromatic nitrogens is 1. The van der Waals surface area contributed by atoms with E-state index in [4.69, 9.17) is 21.3 Å². The van der Waals surface area contributed by atoms with Crippen LogP contribution in [0.15, 0.2) is 36.4 Å². The van der Waals surface area contributed by atoms with Crippen molar-refractivity contribution in [1.82, 2.24) is 9.88 Å². The second-order valence-electron chi connectivity index (χ2n) is 7.04. The molecule has 164 valence electrons. The maximum atomic E-state index is 13.6. The van der Waals surface area contributed by atoms with Crippen LogP contribution in [0.4, 0.5) is 5.13 Å². The van der Waals surface area contributed by atoms with Gasteiger partial charge in [0.2, 0.25) is 0 Å². The largest absolute Gasteiger partial charge is 0.465 e. The van der Waals surface area contributed by atoms with E-state index in [0.717, 1.165) is 28.9 Å². The number of methoxy groups -OCH3 is 1. The van der Waals surface area contributed by atoms with Gasteiger partial charge in [-0.2, -0.15) is 0 Å². The van der Waals surface area contributed by atoms with Gasteiger partial charge in [0, 0.05) is 18.1 Å². The van der Waals surface area contributed by atoms with Gasteiger partial charge in [-0.05, 0) is 49.8 Å². The molecule has 6 nitrogen and oxygen atoms in total. The molecule has 1 aromatic heterocycles. The number of fused-ring (bicyclic) bond motifs is 1. The highest BCUT2D eigenvalue weighted by atomic mass is 35.5. The predicted octanol–water partition coefficient (Wildman–Crippen LogP) is 5.03. The highest BCUT2D eigenvalue weighted by Gasteiger charge is 2.26. The number of halogens is 1. The van der Waals surface area contributed by atoms with Crippen molar-refractivity contribution in [3.8, 4) is 0 Å². The number of hydrogen-bond acceptors (Lipinski definition) is 6. The first kappa shape index (κ1) is 23.2. The van der Waals surface area contributed by atoms with Gasteiger partial charge in [0.25, 0.3) is 5.91 Å². The average Bonchev–Trinajstić information content (AvgIpc) is 3.23. The molecular weight excluding hydrogens is 434 g/mol. The van der Waals surface area contributed by atoms with E-state index in [2.05, 4.69) is 18.7 Å². The van der Waals surface area contributed by atoms with Crippen LogP contribution in [0, 0.1) is 6.92 Å². The molecule has 0 saturated carbocycles. The Labute approximate surface area is 191 Å². The summed E-state index contributed by atoms with van der Waals surface area (Å²) in [4.78, 5) is 34.5. The SMILES string of the molecule is CCN(CC)CCN(C(=O)c1ccccc1C(=O)OC)c1nc2c(C)c(Cl)ccc2s1. The van der Waals surface area contributed by atoms with E-state index in [0.29, 0.717) is 28.8 Å². The van der Waals surface area contributed by atoms with E-state index in [9.17, 15) is 9.59 Å². The van der Waals surface area contributed by atoms with Crippen LogP contribution in [0.25, 0.3) is 10.2 Å². The van der Waals surface area contributed by atoms with Gasteiger partial charge in [0.15, 0.2) is 5.13 Å². The molecule has 0 aliphatic rings. The van der Waals surface area contributed by atoms with Gasteiger partial charge in [0.05, 0.1) is 28.5 Å². The summed E-state index contributed by atoms with van der Waals surface area (Å²) in [6.45, 7) is 8.99. The van der Waals surface area contributed by atoms with Crippen LogP contribution in [0.5, 0.6) is 0 Å². The Kier molecular flexibility index (Phi) is 7.64. The molecule has 0 spiro atoms. The van der Waals surface area contributed by atoms with Crippen LogP contribution in [-0.2, 0) is 4.74 Å². The number of amides is 1. The fourth-order valence-electron chi connectivity index (χ4n) is 3.37. The maximum absolute atomic E-state index is 13.6. The zero-order chi connectivity index (χ0) is 22.5. The van der Waals surface area contributed by atoms with Crippen molar-refractivity contribution >= 4 is 50.2 Å². The van der Waals surface area contributed by atoms with Gasteiger partial charge in [-0.25, -0.2) is 9.78 Å². The van der Waals surface area contributed by atoms with Crippen molar-refractivity contribution in [3.05, 3.63) is 58.1 Å². The number of carbonyl (C=O) groups is 2. The fraction of sp³-hybridized carbons (Fsp3) is 0.348. The van der Waals surface area contributed by atoms with Crippen molar-refractivity contribution in [1.29, 1.82) is 0 Å². The van der Waals surface area contributed by atoms with Crippen LogP contribution < -0.4 is 4.90 Å². The van der Waals surface area contributed by atoms with Crippen molar-refractivity contribution in [3.63, 3.8) is 0 Å². The van der Waals surface area contributed by atoms with Crippen molar-refractivity contribution in [2.45, 2.75) is 20.8 Å². The minimum atomic E-state index is -0.542. The molecule has 0 saturated heterocycles. The second kappa shape index (κ2) is 10.2. The first-order chi connectivity index (χ1) is 14.9. The molecule has 3 rings (SSSR count). The number of benzene rings is 2. The van der Waals surface area contributed by atoms with E-state index in [1.165, 1.54) is 18.4 Å². The zero-order valence-corrected chi connectivity index (χ0v) is 19.7. The van der Waals surface area contributed by atoms with Crippen molar-refractivity contribution < 1.29 is 14.3 Å². The maximum Gasteiger partial charge on any atom is 0.338 e. The van der Waals surface area contributed by atoms with Gasteiger partial charge < -0.3 is 9.64 Å². The monoisotopic (exact) mass is 459 g/mol. The third-order valence-corrected chi connectivity index (χ3v) is 6.76. The lowest BCUT2D eigenvalue weighted by molar-refractivity contribution is 0.0597. The number of rotatable bonds is 8. The molecule has 0 radical (unpaired) electrons. The molecule has 8 heteroatoms. The summed E-state index contributed by atoms with van der Waals surface area (Å²) >= 11 is 7.71. The Balaban J connectivity index is 2.06. The highest BCUT2D eigenvalue weighted by molar-refractivity contribution is 7.22. The lowest BCUT2D eigenvalue weighted by Gasteiger charge is -2.25. The molecule has 0 aliphatic carbocycles. The molecule has 0 bridgehead atoms. The molecule has 0 aliphatic heterocycles. The van der Waals surface area contributed by atoms with Crippen LogP contribution in [0.2, 0.25) is 5.02 Å². The minimum Gasteiger partial charge on any atom is -0.465 e. The first-order valence-corrected chi connectivity index (χ1v) is 11.4. The summed E-state index contributed by atoms with van der Waals surface area (Å²) < 4.78 is 5.83. The number of likely N-dealkylation sites (N-methyl/N-ethyl adjacent to an activating group) is 1. The lowest BCUT2D eigenvalue weighted by Crippen LogP contribution is -2.39. The van der Waals surface area contributed by atoms with E-state index in [1.54, 1.807) is 29.2 Å². The molecule has 1 amide bonds. The summed E-state index contributed by atoms with van der Waals surface area (Å²) in [5.41, 5.74) is 2.20. The molecule has 0 unspecified atom stereocenters. The molecular formula is C23H26ClN3O3S. The first-order valence-electron chi connectivity index (χ1n) is 10.2. The smallest absolute Gasteiger partial charge is 0.338 e. The Hall–Kier alpha value is -2.48. The number of aryl methyl sites for hydroxylation is 1. The van der Waals surface area contributed by atoms with Gasteiger partial charge in [-0.1, -0.05) is 48.9 Å². The molecule has 0 atom stereocenters. The molecule has 1 heterocycles.